The smallest absolute Gasteiger partial charge is 0.307 e. The Bertz CT molecular complexity index is 528. The van der Waals surface area contributed by atoms with Crippen molar-refractivity contribution < 1.29 is 14.7 Å². The summed E-state index contributed by atoms with van der Waals surface area (Å²) in [6.07, 6.45) is 3.67. The Kier molecular flexibility index (Phi) is 3.95. The van der Waals surface area contributed by atoms with Crippen LogP contribution < -0.4 is 5.32 Å². The van der Waals surface area contributed by atoms with Gasteiger partial charge in [0.2, 0.25) is 5.91 Å². The van der Waals surface area contributed by atoms with E-state index in [0.717, 1.165) is 25.7 Å². The Balaban J connectivity index is 1.56. The van der Waals surface area contributed by atoms with E-state index in [1.807, 2.05) is 30.3 Å². The first-order valence-electron chi connectivity index (χ1n) is 7.71. The maximum atomic E-state index is 12.4. The van der Waals surface area contributed by atoms with E-state index in [4.69, 9.17) is 0 Å². The molecule has 0 unspecified atom stereocenters. The first kappa shape index (κ1) is 14.1. The molecule has 1 aromatic carbocycles. The van der Waals surface area contributed by atoms with Gasteiger partial charge >= 0.3 is 5.97 Å². The van der Waals surface area contributed by atoms with Crippen LogP contribution in [0, 0.1) is 23.7 Å². The molecular weight excluding hydrogens is 266 g/mol. The standard InChI is InChI=1S/C17H21NO3/c19-16(18-9-8-11-4-2-1-3-5-11)14-12-6-7-13(10-12)15(14)17(20)21/h1-5,12-15H,6-10H2,(H,18,19)(H,20,21)/t12-,13-,14-,15-/m0/s1. The van der Waals surface area contributed by atoms with Crippen LogP contribution >= 0.6 is 0 Å². The lowest BCUT2D eigenvalue weighted by atomic mass is 9.78. The molecule has 0 saturated heterocycles. The Morgan fingerprint density at radius 1 is 1.10 bits per heavy atom. The molecule has 0 spiro atoms. The van der Waals surface area contributed by atoms with Crippen LogP contribution in [0.25, 0.3) is 0 Å². The third-order valence-corrected chi connectivity index (χ3v) is 5.06. The molecule has 1 amide bonds. The molecule has 2 bridgehead atoms. The van der Waals surface area contributed by atoms with Crippen LogP contribution in [0.4, 0.5) is 0 Å². The fourth-order valence-electron chi connectivity index (χ4n) is 4.12. The van der Waals surface area contributed by atoms with Crippen molar-refractivity contribution >= 4 is 11.9 Å². The molecule has 2 aliphatic rings. The predicted molar refractivity (Wildman–Crippen MR) is 78.6 cm³/mol. The van der Waals surface area contributed by atoms with E-state index in [2.05, 4.69) is 5.32 Å². The predicted octanol–water partition coefficient (Wildman–Crippen LogP) is 2.09. The molecule has 112 valence electrons. The second kappa shape index (κ2) is 5.88. The van der Waals surface area contributed by atoms with E-state index in [0.29, 0.717) is 6.54 Å². The van der Waals surface area contributed by atoms with Crippen molar-refractivity contribution in [1.82, 2.24) is 5.32 Å². The second-order valence-electron chi connectivity index (χ2n) is 6.25. The summed E-state index contributed by atoms with van der Waals surface area (Å²) in [5, 5.41) is 12.3. The Morgan fingerprint density at radius 3 is 2.43 bits per heavy atom. The summed E-state index contributed by atoms with van der Waals surface area (Å²) in [7, 11) is 0. The van der Waals surface area contributed by atoms with Gasteiger partial charge in [-0.2, -0.15) is 0 Å². The number of hydrogen-bond donors (Lipinski definition) is 2. The number of fused-ring (bicyclic) bond motifs is 2. The van der Waals surface area contributed by atoms with Crippen LogP contribution in [0.2, 0.25) is 0 Å². The third-order valence-electron chi connectivity index (χ3n) is 5.06. The molecule has 3 rings (SSSR count). The number of hydrogen-bond acceptors (Lipinski definition) is 2. The topological polar surface area (TPSA) is 66.4 Å². The highest BCUT2D eigenvalue weighted by Gasteiger charge is 2.53. The van der Waals surface area contributed by atoms with Gasteiger partial charge in [0.1, 0.15) is 0 Å². The molecular formula is C17H21NO3. The minimum atomic E-state index is -0.801. The van der Waals surface area contributed by atoms with Gasteiger partial charge in [-0.05, 0) is 43.1 Å². The number of rotatable bonds is 5. The van der Waals surface area contributed by atoms with E-state index in [1.165, 1.54) is 5.56 Å². The van der Waals surface area contributed by atoms with Gasteiger partial charge in [0.05, 0.1) is 11.8 Å². The van der Waals surface area contributed by atoms with Gasteiger partial charge in [-0.3, -0.25) is 9.59 Å². The van der Waals surface area contributed by atoms with E-state index < -0.39 is 11.9 Å². The molecule has 4 heteroatoms. The molecule has 2 N–H and O–H groups in total. The van der Waals surface area contributed by atoms with Crippen molar-refractivity contribution in [2.75, 3.05) is 6.54 Å². The van der Waals surface area contributed by atoms with Gasteiger partial charge in [-0.25, -0.2) is 0 Å². The summed E-state index contributed by atoms with van der Waals surface area (Å²) in [6, 6.07) is 9.99. The first-order valence-corrected chi connectivity index (χ1v) is 7.71. The zero-order valence-corrected chi connectivity index (χ0v) is 12.0. The van der Waals surface area contributed by atoms with Crippen LogP contribution in [0.5, 0.6) is 0 Å². The van der Waals surface area contributed by atoms with Crippen molar-refractivity contribution in [2.24, 2.45) is 23.7 Å². The molecule has 0 aliphatic heterocycles. The Hall–Kier alpha value is -1.84. The maximum absolute atomic E-state index is 12.4. The van der Waals surface area contributed by atoms with Crippen LogP contribution in [0.15, 0.2) is 30.3 Å². The summed E-state index contributed by atoms with van der Waals surface area (Å²) in [4.78, 5) is 23.8. The zero-order valence-electron chi connectivity index (χ0n) is 12.0. The van der Waals surface area contributed by atoms with Crippen LogP contribution in [0.1, 0.15) is 24.8 Å². The van der Waals surface area contributed by atoms with E-state index >= 15 is 0 Å². The molecule has 4 atom stereocenters. The van der Waals surface area contributed by atoms with Gasteiger partial charge in [-0.1, -0.05) is 30.3 Å². The number of carbonyl (C=O) groups excluding carboxylic acids is 1. The van der Waals surface area contributed by atoms with E-state index in [1.54, 1.807) is 0 Å². The Labute approximate surface area is 124 Å². The number of nitrogens with one attached hydrogen (secondary N) is 1. The lowest BCUT2D eigenvalue weighted by Crippen LogP contribution is -2.41. The zero-order chi connectivity index (χ0) is 14.8. The number of benzene rings is 1. The average Bonchev–Trinajstić information content (AvgIpc) is 3.08. The molecule has 2 aliphatic carbocycles. The number of carboxylic acids is 1. The van der Waals surface area contributed by atoms with Crippen LogP contribution in [0.3, 0.4) is 0 Å². The average molecular weight is 287 g/mol. The van der Waals surface area contributed by atoms with Crippen molar-refractivity contribution in [2.45, 2.75) is 25.7 Å². The third kappa shape index (κ3) is 2.80. The molecule has 21 heavy (non-hydrogen) atoms. The fourth-order valence-corrected chi connectivity index (χ4v) is 4.12. The molecule has 0 heterocycles. The maximum Gasteiger partial charge on any atom is 0.307 e. The minimum Gasteiger partial charge on any atom is -0.481 e. The monoisotopic (exact) mass is 287 g/mol. The van der Waals surface area contributed by atoms with Crippen molar-refractivity contribution in [3.8, 4) is 0 Å². The quantitative estimate of drug-likeness (QED) is 0.871. The lowest BCUT2D eigenvalue weighted by Gasteiger charge is -2.27. The molecule has 2 saturated carbocycles. The number of carbonyl (C=O) groups is 2. The van der Waals surface area contributed by atoms with Gasteiger partial charge in [0, 0.05) is 6.54 Å². The summed E-state index contributed by atoms with van der Waals surface area (Å²) < 4.78 is 0. The SMILES string of the molecule is O=C(O)[C@H]1[C@H]2CC[C@@H](C2)[C@@H]1C(=O)NCCc1ccccc1. The molecule has 4 nitrogen and oxygen atoms in total. The summed E-state index contributed by atoms with van der Waals surface area (Å²) in [6.45, 7) is 0.572. The van der Waals surface area contributed by atoms with E-state index in [-0.39, 0.29) is 23.7 Å². The summed E-state index contributed by atoms with van der Waals surface area (Å²) in [5.74, 6) is -1.18. The number of carboxylic acid groups (broad SMARTS) is 1. The highest BCUT2D eigenvalue weighted by molar-refractivity contribution is 5.86. The van der Waals surface area contributed by atoms with Crippen LogP contribution in [-0.2, 0) is 16.0 Å². The normalized spacial score (nSPS) is 30.3. The first-order chi connectivity index (χ1) is 10.2. The van der Waals surface area contributed by atoms with Crippen molar-refractivity contribution in [3.63, 3.8) is 0 Å². The largest absolute Gasteiger partial charge is 0.481 e. The van der Waals surface area contributed by atoms with E-state index in [9.17, 15) is 14.7 Å². The van der Waals surface area contributed by atoms with Crippen LogP contribution in [-0.4, -0.2) is 23.5 Å². The van der Waals surface area contributed by atoms with Crippen molar-refractivity contribution in [1.29, 1.82) is 0 Å². The second-order valence-corrected chi connectivity index (χ2v) is 6.25. The molecule has 0 radical (unpaired) electrons. The fraction of sp³-hybridized carbons (Fsp3) is 0.529. The Morgan fingerprint density at radius 2 is 1.76 bits per heavy atom. The summed E-state index contributed by atoms with van der Waals surface area (Å²) >= 11 is 0. The van der Waals surface area contributed by atoms with Crippen molar-refractivity contribution in [3.05, 3.63) is 35.9 Å². The highest BCUT2D eigenvalue weighted by atomic mass is 16.4. The van der Waals surface area contributed by atoms with Gasteiger partial charge in [0.15, 0.2) is 0 Å². The number of aliphatic carboxylic acids is 1. The molecule has 2 fully saturated rings. The molecule has 1 aromatic rings. The van der Waals surface area contributed by atoms with Gasteiger partial charge < -0.3 is 10.4 Å². The number of amides is 1. The van der Waals surface area contributed by atoms with Gasteiger partial charge in [-0.15, -0.1) is 0 Å². The highest BCUT2D eigenvalue weighted by Crippen LogP contribution is 2.52. The van der Waals surface area contributed by atoms with Gasteiger partial charge in [0.25, 0.3) is 0 Å². The molecule has 0 aromatic heterocycles. The lowest BCUT2D eigenvalue weighted by molar-refractivity contribution is -0.149. The summed E-state index contributed by atoms with van der Waals surface area (Å²) in [5.41, 5.74) is 1.18. The minimum absolute atomic E-state index is 0.0643.